The topological polar surface area (TPSA) is 76.3 Å². The normalized spacial score (nSPS) is 10.6. The quantitative estimate of drug-likeness (QED) is 0.943. The minimum atomic E-state index is -0.830. The molecule has 6 heteroatoms. The molecule has 1 aromatic carbocycles. The number of rotatable bonds is 3. The lowest BCUT2D eigenvalue weighted by atomic mass is 10.2. The van der Waals surface area contributed by atoms with Crippen molar-refractivity contribution in [3.8, 4) is 0 Å². The van der Waals surface area contributed by atoms with Crippen LogP contribution in [0.4, 0.5) is 9.93 Å². The molecule has 20 heavy (non-hydrogen) atoms. The van der Waals surface area contributed by atoms with Gasteiger partial charge in [-0.05, 0) is 18.1 Å². The molecule has 104 valence electrons. The minimum Gasteiger partial charge on any atom is -0.351 e. The first kappa shape index (κ1) is 14.2. The van der Waals surface area contributed by atoms with E-state index >= 15 is 0 Å². The lowest BCUT2D eigenvalue weighted by Gasteiger charge is -2.15. The average Bonchev–Trinajstić information content (AvgIpc) is 2.89. The summed E-state index contributed by atoms with van der Waals surface area (Å²) in [5.74, 6) is -0.189. The number of aromatic nitrogens is 1. The van der Waals surface area contributed by atoms with Crippen molar-refractivity contribution in [2.75, 3.05) is 4.90 Å². The number of hydrogen-bond donors (Lipinski definition) is 1. The van der Waals surface area contributed by atoms with E-state index in [0.717, 1.165) is 9.78 Å². The lowest BCUT2D eigenvalue weighted by molar-refractivity contribution is 0.0995. The van der Waals surface area contributed by atoms with E-state index in [2.05, 4.69) is 4.98 Å². The van der Waals surface area contributed by atoms with Crippen LogP contribution in [-0.4, -0.2) is 16.9 Å². The maximum atomic E-state index is 12.4. The standard InChI is InChI=1S/C14H15N3O2S/c1-9(2)11-8-16-14(20-11)17(13(15)19)12(18)10-6-4-3-5-7-10/h3-9H,1-2H3,(H2,15,19). The van der Waals surface area contributed by atoms with E-state index in [0.29, 0.717) is 10.7 Å². The van der Waals surface area contributed by atoms with Gasteiger partial charge < -0.3 is 5.73 Å². The molecule has 0 aliphatic heterocycles. The van der Waals surface area contributed by atoms with E-state index in [4.69, 9.17) is 5.73 Å². The molecule has 1 heterocycles. The van der Waals surface area contributed by atoms with Crippen LogP contribution in [0.2, 0.25) is 0 Å². The van der Waals surface area contributed by atoms with Crippen molar-refractivity contribution in [3.63, 3.8) is 0 Å². The van der Waals surface area contributed by atoms with Gasteiger partial charge in [0.1, 0.15) is 0 Å². The molecule has 3 amide bonds. The summed E-state index contributed by atoms with van der Waals surface area (Å²) in [5.41, 5.74) is 5.72. The van der Waals surface area contributed by atoms with Crippen molar-refractivity contribution >= 4 is 28.4 Å². The number of imide groups is 1. The maximum absolute atomic E-state index is 12.4. The molecule has 0 fully saturated rings. The van der Waals surface area contributed by atoms with E-state index in [9.17, 15) is 9.59 Å². The Labute approximate surface area is 121 Å². The second-order valence-electron chi connectivity index (χ2n) is 4.54. The Bertz CT molecular complexity index is 622. The molecule has 5 nitrogen and oxygen atoms in total. The number of carbonyl (C=O) groups excluding carboxylic acids is 2. The second-order valence-corrected chi connectivity index (χ2v) is 5.59. The highest BCUT2D eigenvalue weighted by molar-refractivity contribution is 7.16. The molecule has 2 rings (SSSR count). The van der Waals surface area contributed by atoms with Crippen LogP contribution in [0.15, 0.2) is 36.5 Å². The zero-order valence-corrected chi connectivity index (χ0v) is 12.1. The molecule has 0 radical (unpaired) electrons. The highest BCUT2D eigenvalue weighted by atomic mass is 32.1. The number of amides is 3. The third kappa shape index (κ3) is 2.85. The maximum Gasteiger partial charge on any atom is 0.328 e. The summed E-state index contributed by atoms with van der Waals surface area (Å²) >= 11 is 1.29. The van der Waals surface area contributed by atoms with Crippen molar-refractivity contribution in [1.82, 2.24) is 4.98 Å². The van der Waals surface area contributed by atoms with Crippen LogP contribution in [0.3, 0.4) is 0 Å². The van der Waals surface area contributed by atoms with Gasteiger partial charge >= 0.3 is 6.03 Å². The zero-order valence-electron chi connectivity index (χ0n) is 11.2. The predicted molar refractivity (Wildman–Crippen MR) is 79.0 cm³/mol. The van der Waals surface area contributed by atoms with Gasteiger partial charge in [0, 0.05) is 16.6 Å². The van der Waals surface area contributed by atoms with E-state index in [-0.39, 0.29) is 5.92 Å². The summed E-state index contributed by atoms with van der Waals surface area (Å²) < 4.78 is 0. The number of anilines is 1. The van der Waals surface area contributed by atoms with Crippen molar-refractivity contribution in [3.05, 3.63) is 47.0 Å². The Balaban J connectivity index is 2.36. The Morgan fingerprint density at radius 1 is 1.25 bits per heavy atom. The van der Waals surface area contributed by atoms with Crippen molar-refractivity contribution in [1.29, 1.82) is 0 Å². The summed E-state index contributed by atoms with van der Waals surface area (Å²) in [6.07, 6.45) is 1.67. The summed E-state index contributed by atoms with van der Waals surface area (Å²) in [6, 6.07) is 7.70. The van der Waals surface area contributed by atoms with Gasteiger partial charge in [-0.2, -0.15) is 0 Å². The first-order chi connectivity index (χ1) is 9.50. The fraction of sp³-hybridized carbons (Fsp3) is 0.214. The first-order valence-corrected chi connectivity index (χ1v) is 6.97. The molecule has 0 saturated heterocycles. The molecule has 0 atom stereocenters. The highest BCUT2D eigenvalue weighted by Crippen LogP contribution is 2.28. The number of nitrogens with two attached hydrogens (primary N) is 1. The molecule has 0 bridgehead atoms. The van der Waals surface area contributed by atoms with Crippen LogP contribution >= 0.6 is 11.3 Å². The van der Waals surface area contributed by atoms with Crippen molar-refractivity contribution in [2.45, 2.75) is 19.8 Å². The van der Waals surface area contributed by atoms with E-state index in [1.54, 1.807) is 36.5 Å². The monoisotopic (exact) mass is 289 g/mol. The summed E-state index contributed by atoms with van der Waals surface area (Å²) in [5, 5.41) is 0.301. The van der Waals surface area contributed by atoms with Gasteiger partial charge in [-0.15, -0.1) is 11.3 Å². The van der Waals surface area contributed by atoms with Gasteiger partial charge in [-0.25, -0.2) is 14.7 Å². The molecule has 0 aliphatic rings. The molecular formula is C14H15N3O2S. The Kier molecular flexibility index (Phi) is 4.14. The Morgan fingerprint density at radius 2 is 1.90 bits per heavy atom. The van der Waals surface area contributed by atoms with E-state index in [1.807, 2.05) is 13.8 Å². The highest BCUT2D eigenvalue weighted by Gasteiger charge is 2.25. The number of benzene rings is 1. The average molecular weight is 289 g/mol. The van der Waals surface area contributed by atoms with E-state index < -0.39 is 11.9 Å². The van der Waals surface area contributed by atoms with Crippen LogP contribution < -0.4 is 10.6 Å². The molecule has 0 unspecified atom stereocenters. The van der Waals surface area contributed by atoms with Gasteiger partial charge in [0.25, 0.3) is 5.91 Å². The number of hydrogen-bond acceptors (Lipinski definition) is 4. The van der Waals surface area contributed by atoms with Crippen molar-refractivity contribution in [2.24, 2.45) is 5.73 Å². The molecular weight excluding hydrogens is 274 g/mol. The smallest absolute Gasteiger partial charge is 0.328 e. The fourth-order valence-electron chi connectivity index (χ4n) is 1.64. The lowest BCUT2D eigenvalue weighted by Crippen LogP contribution is -2.40. The number of nitrogens with zero attached hydrogens (tertiary/aromatic N) is 2. The predicted octanol–water partition coefficient (Wildman–Crippen LogP) is 2.99. The van der Waals surface area contributed by atoms with Crippen molar-refractivity contribution < 1.29 is 9.59 Å². The van der Waals surface area contributed by atoms with Gasteiger partial charge in [0.15, 0.2) is 0 Å². The molecule has 2 N–H and O–H groups in total. The SMILES string of the molecule is CC(C)c1cnc(N(C(N)=O)C(=O)c2ccccc2)s1. The molecule has 0 spiro atoms. The van der Waals surface area contributed by atoms with Crippen LogP contribution in [0.5, 0.6) is 0 Å². The third-order valence-electron chi connectivity index (χ3n) is 2.72. The molecule has 1 aromatic heterocycles. The first-order valence-electron chi connectivity index (χ1n) is 6.15. The molecule has 0 saturated carbocycles. The Hall–Kier alpha value is -2.21. The number of urea groups is 1. The second kappa shape index (κ2) is 5.83. The third-order valence-corrected chi connectivity index (χ3v) is 4.00. The van der Waals surface area contributed by atoms with Crippen LogP contribution in [-0.2, 0) is 0 Å². The van der Waals surface area contributed by atoms with Crippen LogP contribution in [0.25, 0.3) is 0 Å². The number of carbonyl (C=O) groups is 2. The van der Waals surface area contributed by atoms with Gasteiger partial charge in [0.05, 0.1) is 0 Å². The minimum absolute atomic E-state index is 0.280. The molecule has 0 aliphatic carbocycles. The largest absolute Gasteiger partial charge is 0.351 e. The molecule has 2 aromatic rings. The van der Waals surface area contributed by atoms with E-state index in [1.165, 1.54) is 11.3 Å². The number of primary amides is 1. The summed E-state index contributed by atoms with van der Waals surface area (Å²) in [4.78, 5) is 30.0. The summed E-state index contributed by atoms with van der Waals surface area (Å²) in [6.45, 7) is 4.04. The number of thiazole rings is 1. The van der Waals surface area contributed by atoms with Gasteiger partial charge in [-0.3, -0.25) is 4.79 Å². The van der Waals surface area contributed by atoms with Gasteiger partial charge in [0.2, 0.25) is 5.13 Å². The summed E-state index contributed by atoms with van der Waals surface area (Å²) in [7, 11) is 0. The zero-order chi connectivity index (χ0) is 14.7. The van der Waals surface area contributed by atoms with Crippen LogP contribution in [0.1, 0.15) is 35.0 Å². The van der Waals surface area contributed by atoms with Gasteiger partial charge in [-0.1, -0.05) is 32.0 Å². The Morgan fingerprint density at radius 3 is 2.40 bits per heavy atom. The van der Waals surface area contributed by atoms with Crippen LogP contribution in [0, 0.1) is 0 Å². The fourth-order valence-corrected chi connectivity index (χ4v) is 2.56.